The van der Waals surface area contributed by atoms with E-state index in [1.807, 2.05) is 0 Å². The fraction of sp³-hybridized carbons (Fsp3) is 0.182. The van der Waals surface area contributed by atoms with Crippen molar-refractivity contribution < 1.29 is 18.3 Å². The third-order valence-electron chi connectivity index (χ3n) is 1.97. The topological polar surface area (TPSA) is 39.4 Å². The highest BCUT2D eigenvalue weighted by molar-refractivity contribution is 5.85. The van der Waals surface area contributed by atoms with Crippen LogP contribution in [0.3, 0.4) is 0 Å². The summed E-state index contributed by atoms with van der Waals surface area (Å²) in [5, 5.41) is 0.772. The van der Waals surface area contributed by atoms with Gasteiger partial charge in [0.1, 0.15) is 24.6 Å². The van der Waals surface area contributed by atoms with Gasteiger partial charge in [0.2, 0.25) is 0 Å². The Balaban J connectivity index is 2.33. The number of rotatable bonds is 4. The largest absolute Gasteiger partial charge is 0.491 e. The number of carbonyl (C=O) groups excluding carboxylic acids is 1. The third kappa shape index (κ3) is 1.98. The molecule has 2 rings (SSSR count). The van der Waals surface area contributed by atoms with Crippen molar-refractivity contribution in [2.75, 3.05) is 13.3 Å². The molecule has 0 N–H and O–H groups in total. The molecule has 0 bridgehead atoms. The van der Waals surface area contributed by atoms with Crippen molar-refractivity contribution in [1.82, 2.24) is 0 Å². The SMILES string of the molecule is O=Cc1cc2cc(OCCF)ccc2o1. The molecule has 0 saturated carbocycles. The van der Waals surface area contributed by atoms with Gasteiger partial charge in [-0.3, -0.25) is 4.79 Å². The summed E-state index contributed by atoms with van der Waals surface area (Å²) in [4.78, 5) is 10.5. The van der Waals surface area contributed by atoms with Crippen LogP contribution >= 0.6 is 0 Å². The second kappa shape index (κ2) is 4.13. The van der Waals surface area contributed by atoms with Crippen LogP contribution in [0.25, 0.3) is 11.0 Å². The summed E-state index contributed by atoms with van der Waals surface area (Å²) < 4.78 is 22.1. The highest BCUT2D eigenvalue weighted by Crippen LogP contribution is 2.23. The molecule has 0 aliphatic rings. The lowest BCUT2D eigenvalue weighted by atomic mass is 10.2. The second-order valence-electron chi connectivity index (χ2n) is 3.00. The van der Waals surface area contributed by atoms with Crippen LogP contribution in [0, 0.1) is 0 Å². The molecule has 0 aliphatic heterocycles. The van der Waals surface area contributed by atoms with Crippen molar-refractivity contribution >= 4 is 17.3 Å². The van der Waals surface area contributed by atoms with Gasteiger partial charge >= 0.3 is 0 Å². The van der Waals surface area contributed by atoms with Crippen molar-refractivity contribution in [2.45, 2.75) is 0 Å². The smallest absolute Gasteiger partial charge is 0.185 e. The average Bonchev–Trinajstić information content (AvgIpc) is 2.68. The summed E-state index contributed by atoms with van der Waals surface area (Å²) in [5.41, 5.74) is 0.615. The molecular formula is C11H9FO3. The van der Waals surface area contributed by atoms with Gasteiger partial charge in [0.15, 0.2) is 12.0 Å². The maximum Gasteiger partial charge on any atom is 0.185 e. The summed E-state index contributed by atoms with van der Waals surface area (Å²) in [7, 11) is 0. The van der Waals surface area contributed by atoms with E-state index >= 15 is 0 Å². The summed E-state index contributed by atoms with van der Waals surface area (Å²) >= 11 is 0. The van der Waals surface area contributed by atoms with Crippen molar-refractivity contribution in [2.24, 2.45) is 0 Å². The van der Waals surface area contributed by atoms with Gasteiger partial charge < -0.3 is 9.15 Å². The van der Waals surface area contributed by atoms with Gasteiger partial charge in [-0.1, -0.05) is 0 Å². The first-order chi connectivity index (χ1) is 7.33. The van der Waals surface area contributed by atoms with Crippen LogP contribution in [-0.4, -0.2) is 19.6 Å². The number of carbonyl (C=O) groups is 1. The van der Waals surface area contributed by atoms with E-state index in [2.05, 4.69) is 0 Å². The zero-order valence-corrected chi connectivity index (χ0v) is 7.90. The van der Waals surface area contributed by atoms with E-state index in [1.54, 1.807) is 24.3 Å². The standard InChI is InChI=1S/C11H9FO3/c12-3-4-14-9-1-2-11-8(5-9)6-10(7-13)15-11/h1-2,5-7H,3-4H2. The van der Waals surface area contributed by atoms with Crippen LogP contribution in [0.1, 0.15) is 10.6 Å². The molecule has 0 aliphatic carbocycles. The van der Waals surface area contributed by atoms with E-state index in [-0.39, 0.29) is 12.4 Å². The fourth-order valence-electron chi connectivity index (χ4n) is 1.35. The normalized spacial score (nSPS) is 10.5. The number of furan rings is 1. The number of fused-ring (bicyclic) bond motifs is 1. The Morgan fingerprint density at radius 2 is 2.27 bits per heavy atom. The van der Waals surface area contributed by atoms with E-state index < -0.39 is 6.67 Å². The molecule has 1 aromatic heterocycles. The quantitative estimate of drug-likeness (QED) is 0.725. The van der Waals surface area contributed by atoms with Gasteiger partial charge in [0, 0.05) is 5.39 Å². The lowest BCUT2D eigenvalue weighted by Crippen LogP contribution is -1.97. The number of hydrogen-bond acceptors (Lipinski definition) is 3. The minimum atomic E-state index is -0.525. The van der Waals surface area contributed by atoms with Crippen LogP contribution in [0.15, 0.2) is 28.7 Å². The Kier molecular flexibility index (Phi) is 2.67. The zero-order chi connectivity index (χ0) is 10.7. The molecule has 1 heterocycles. The highest BCUT2D eigenvalue weighted by Gasteiger charge is 2.03. The number of ether oxygens (including phenoxy) is 1. The van der Waals surface area contributed by atoms with Crippen LogP contribution in [-0.2, 0) is 0 Å². The molecule has 0 saturated heterocycles. The maximum atomic E-state index is 11.9. The third-order valence-corrected chi connectivity index (χ3v) is 1.97. The van der Waals surface area contributed by atoms with E-state index in [1.165, 1.54) is 0 Å². The van der Waals surface area contributed by atoms with E-state index in [4.69, 9.17) is 9.15 Å². The van der Waals surface area contributed by atoms with Gasteiger partial charge in [0.05, 0.1) is 0 Å². The predicted molar refractivity (Wildman–Crippen MR) is 53.1 cm³/mol. The summed E-state index contributed by atoms with van der Waals surface area (Å²) in [6.07, 6.45) is 0.641. The molecule has 0 spiro atoms. The Morgan fingerprint density at radius 3 is 3.00 bits per heavy atom. The maximum absolute atomic E-state index is 11.9. The molecule has 3 nitrogen and oxygen atoms in total. The van der Waals surface area contributed by atoms with Crippen LogP contribution < -0.4 is 4.74 Å². The van der Waals surface area contributed by atoms with Crippen LogP contribution in [0.4, 0.5) is 4.39 Å². The first-order valence-electron chi connectivity index (χ1n) is 4.51. The second-order valence-corrected chi connectivity index (χ2v) is 3.00. The molecule has 2 aromatic rings. The zero-order valence-electron chi connectivity index (χ0n) is 7.90. The minimum Gasteiger partial charge on any atom is -0.491 e. The van der Waals surface area contributed by atoms with Gasteiger partial charge in [-0.15, -0.1) is 0 Å². The lowest BCUT2D eigenvalue weighted by molar-refractivity contribution is 0.110. The summed E-state index contributed by atoms with van der Waals surface area (Å²) in [5.74, 6) is 0.839. The van der Waals surface area contributed by atoms with Gasteiger partial charge in [-0.2, -0.15) is 0 Å². The van der Waals surface area contributed by atoms with E-state index in [0.29, 0.717) is 17.6 Å². The first-order valence-corrected chi connectivity index (χ1v) is 4.51. The minimum absolute atomic E-state index is 0.0316. The van der Waals surface area contributed by atoms with Crippen LogP contribution in [0.5, 0.6) is 5.75 Å². The molecule has 15 heavy (non-hydrogen) atoms. The van der Waals surface area contributed by atoms with Gasteiger partial charge in [-0.05, 0) is 24.3 Å². The average molecular weight is 208 g/mol. The fourth-order valence-corrected chi connectivity index (χ4v) is 1.35. The highest BCUT2D eigenvalue weighted by atomic mass is 19.1. The monoisotopic (exact) mass is 208 g/mol. The Morgan fingerprint density at radius 1 is 1.40 bits per heavy atom. The van der Waals surface area contributed by atoms with Gasteiger partial charge in [0.25, 0.3) is 0 Å². The molecular weight excluding hydrogens is 199 g/mol. The number of aldehydes is 1. The lowest BCUT2D eigenvalue weighted by Gasteiger charge is -2.01. The molecule has 0 amide bonds. The molecule has 1 aromatic carbocycles. The molecule has 4 heteroatoms. The molecule has 0 radical (unpaired) electrons. The number of hydrogen-bond donors (Lipinski definition) is 0. The van der Waals surface area contributed by atoms with Crippen molar-refractivity contribution in [3.8, 4) is 5.75 Å². The molecule has 0 fully saturated rings. The molecule has 0 unspecified atom stereocenters. The van der Waals surface area contributed by atoms with E-state index in [9.17, 15) is 9.18 Å². The number of alkyl halides is 1. The van der Waals surface area contributed by atoms with Gasteiger partial charge in [-0.25, -0.2) is 4.39 Å². The van der Waals surface area contributed by atoms with E-state index in [0.717, 1.165) is 5.39 Å². The number of benzene rings is 1. The Bertz CT molecular complexity index is 476. The molecule has 0 atom stereocenters. The summed E-state index contributed by atoms with van der Waals surface area (Å²) in [6.45, 7) is -0.493. The van der Waals surface area contributed by atoms with Crippen molar-refractivity contribution in [1.29, 1.82) is 0 Å². The Hall–Kier alpha value is -1.84. The Labute approximate surface area is 85.4 Å². The van der Waals surface area contributed by atoms with Crippen molar-refractivity contribution in [3.05, 3.63) is 30.0 Å². The molecule has 78 valence electrons. The van der Waals surface area contributed by atoms with Crippen LogP contribution in [0.2, 0.25) is 0 Å². The first kappa shape index (κ1) is 9.71. The predicted octanol–water partition coefficient (Wildman–Crippen LogP) is 2.59. The number of halogens is 1. The van der Waals surface area contributed by atoms with Crippen molar-refractivity contribution in [3.63, 3.8) is 0 Å². The summed E-state index contributed by atoms with van der Waals surface area (Å²) in [6, 6.07) is 6.69.